The van der Waals surface area contributed by atoms with Gasteiger partial charge in [-0.3, -0.25) is 4.79 Å². The highest BCUT2D eigenvalue weighted by Crippen LogP contribution is 2.34. The van der Waals surface area contributed by atoms with E-state index in [1.165, 1.54) is 20.4 Å². The monoisotopic (exact) mass is 279 g/mol. The Hall–Kier alpha value is -1.99. The highest BCUT2D eigenvalue weighted by Gasteiger charge is 2.34. The number of alkyl halides is 3. The van der Waals surface area contributed by atoms with E-state index >= 15 is 0 Å². The van der Waals surface area contributed by atoms with Crippen molar-refractivity contribution < 1.29 is 32.2 Å². The Morgan fingerprint density at radius 3 is 2.47 bits per heavy atom. The molecule has 0 radical (unpaired) electrons. The fraction of sp³-hybridized carbons (Fsp3) is 0.455. The second-order valence-corrected chi connectivity index (χ2v) is 3.56. The summed E-state index contributed by atoms with van der Waals surface area (Å²) in [6.45, 7) is 1.59. The summed E-state index contributed by atoms with van der Waals surface area (Å²) in [5, 5.41) is 0. The second kappa shape index (κ2) is 5.77. The first-order chi connectivity index (χ1) is 8.78. The van der Waals surface area contributed by atoms with Crippen molar-refractivity contribution >= 4 is 5.97 Å². The third-order valence-electron chi connectivity index (χ3n) is 2.29. The van der Waals surface area contributed by atoms with Crippen LogP contribution in [0, 0.1) is 6.92 Å². The molecule has 8 heteroatoms. The maximum absolute atomic E-state index is 12.2. The van der Waals surface area contributed by atoms with Crippen molar-refractivity contribution in [2.24, 2.45) is 0 Å². The maximum Gasteiger partial charge on any atom is 0.574 e. The smallest absolute Gasteiger partial charge is 0.491 e. The number of rotatable bonds is 4. The van der Waals surface area contributed by atoms with E-state index in [9.17, 15) is 18.0 Å². The maximum atomic E-state index is 12.2. The van der Waals surface area contributed by atoms with Crippen LogP contribution in [0.15, 0.2) is 6.20 Å². The molecule has 1 aromatic heterocycles. The van der Waals surface area contributed by atoms with Gasteiger partial charge in [0.05, 0.1) is 20.6 Å². The summed E-state index contributed by atoms with van der Waals surface area (Å²) in [7, 11) is 2.35. The van der Waals surface area contributed by atoms with Gasteiger partial charge in [-0.2, -0.15) is 0 Å². The average molecular weight is 279 g/mol. The van der Waals surface area contributed by atoms with Crippen LogP contribution in [-0.4, -0.2) is 31.5 Å². The number of halogens is 3. The normalized spacial score (nSPS) is 11.1. The molecule has 0 N–H and O–H groups in total. The molecule has 1 heterocycles. The molecular weight excluding hydrogens is 267 g/mol. The number of hydrogen-bond donors (Lipinski definition) is 0. The summed E-state index contributed by atoms with van der Waals surface area (Å²) in [5.41, 5.74) is 0.736. The van der Waals surface area contributed by atoms with Gasteiger partial charge in [-0.15, -0.1) is 13.2 Å². The van der Waals surface area contributed by atoms with Crippen molar-refractivity contribution in [1.82, 2.24) is 4.98 Å². The third-order valence-corrected chi connectivity index (χ3v) is 2.29. The van der Waals surface area contributed by atoms with E-state index in [2.05, 4.69) is 14.5 Å². The minimum Gasteiger partial charge on any atom is -0.491 e. The summed E-state index contributed by atoms with van der Waals surface area (Å²) >= 11 is 0. The number of ether oxygens (including phenoxy) is 3. The number of hydrogen-bond acceptors (Lipinski definition) is 5. The van der Waals surface area contributed by atoms with Crippen molar-refractivity contribution in [1.29, 1.82) is 0 Å². The van der Waals surface area contributed by atoms with Crippen LogP contribution in [0.1, 0.15) is 11.1 Å². The van der Waals surface area contributed by atoms with Crippen molar-refractivity contribution in [2.45, 2.75) is 19.7 Å². The van der Waals surface area contributed by atoms with Crippen molar-refractivity contribution in [2.75, 3.05) is 14.2 Å². The molecule has 19 heavy (non-hydrogen) atoms. The lowest BCUT2D eigenvalue weighted by atomic mass is 10.1. The fourth-order valence-corrected chi connectivity index (χ4v) is 1.43. The molecule has 0 aromatic carbocycles. The SMILES string of the molecule is COC(=O)Cc1c(C)cnc(OC(F)(F)F)c1OC. The molecule has 0 fully saturated rings. The molecule has 0 saturated carbocycles. The van der Waals surface area contributed by atoms with Crippen LogP contribution >= 0.6 is 0 Å². The van der Waals surface area contributed by atoms with Gasteiger partial charge in [0.1, 0.15) is 0 Å². The highest BCUT2D eigenvalue weighted by molar-refractivity contribution is 5.74. The highest BCUT2D eigenvalue weighted by atomic mass is 19.4. The molecule has 0 saturated heterocycles. The number of methoxy groups -OCH3 is 2. The fourth-order valence-electron chi connectivity index (χ4n) is 1.43. The molecule has 0 atom stereocenters. The van der Waals surface area contributed by atoms with Gasteiger partial charge in [0.15, 0.2) is 5.75 Å². The molecule has 0 bridgehead atoms. The van der Waals surface area contributed by atoms with Gasteiger partial charge in [0.25, 0.3) is 5.88 Å². The third kappa shape index (κ3) is 4.01. The molecule has 1 rings (SSSR count). The van der Waals surface area contributed by atoms with Crippen LogP contribution in [0.2, 0.25) is 0 Å². The molecule has 106 valence electrons. The Labute approximate surface area is 107 Å². The zero-order chi connectivity index (χ0) is 14.6. The number of pyridine rings is 1. The van der Waals surface area contributed by atoms with Gasteiger partial charge in [0, 0.05) is 11.8 Å². The first-order valence-corrected chi connectivity index (χ1v) is 5.13. The molecular formula is C11H12F3NO4. The number of carbonyl (C=O) groups excluding carboxylic acids is 1. The van der Waals surface area contributed by atoms with Crippen molar-refractivity contribution in [3.63, 3.8) is 0 Å². The lowest BCUT2D eigenvalue weighted by molar-refractivity contribution is -0.276. The number of esters is 1. The predicted molar refractivity (Wildman–Crippen MR) is 57.9 cm³/mol. The summed E-state index contributed by atoms with van der Waals surface area (Å²) in [6, 6.07) is 0. The molecule has 0 aliphatic heterocycles. The Kier molecular flexibility index (Phi) is 4.57. The van der Waals surface area contributed by atoms with Gasteiger partial charge in [-0.05, 0) is 12.5 Å². The first kappa shape index (κ1) is 15.1. The predicted octanol–water partition coefficient (Wildman–Crippen LogP) is 2.01. The standard InChI is InChI=1S/C11H12F3NO4/c1-6-5-15-10(19-11(12,13)14)9(18-3)7(6)4-8(16)17-2/h5H,4H2,1-3H3. The van der Waals surface area contributed by atoms with Crippen molar-refractivity contribution in [3.05, 3.63) is 17.3 Å². The molecule has 1 aromatic rings. The lowest BCUT2D eigenvalue weighted by Gasteiger charge is -2.15. The Balaban J connectivity index is 3.21. The summed E-state index contributed by atoms with van der Waals surface area (Å²) in [5.74, 6) is -1.58. The summed E-state index contributed by atoms with van der Waals surface area (Å²) < 4.78 is 49.7. The summed E-state index contributed by atoms with van der Waals surface area (Å²) in [6.07, 6.45) is -3.96. The molecule has 0 amide bonds. The van der Waals surface area contributed by atoms with E-state index in [0.717, 1.165) is 0 Å². The largest absolute Gasteiger partial charge is 0.574 e. The molecule has 0 spiro atoms. The molecule has 5 nitrogen and oxygen atoms in total. The summed E-state index contributed by atoms with van der Waals surface area (Å²) in [4.78, 5) is 14.7. The van der Waals surface area contributed by atoms with E-state index in [1.54, 1.807) is 6.92 Å². The van der Waals surface area contributed by atoms with Crippen LogP contribution < -0.4 is 9.47 Å². The topological polar surface area (TPSA) is 57.7 Å². The Morgan fingerprint density at radius 2 is 2.00 bits per heavy atom. The second-order valence-electron chi connectivity index (χ2n) is 3.56. The molecule has 0 unspecified atom stereocenters. The van der Waals surface area contributed by atoms with Crippen LogP contribution in [0.4, 0.5) is 13.2 Å². The Bertz CT molecular complexity index is 474. The Morgan fingerprint density at radius 1 is 1.37 bits per heavy atom. The van der Waals surface area contributed by atoms with E-state index in [4.69, 9.17) is 4.74 Å². The van der Waals surface area contributed by atoms with E-state index in [-0.39, 0.29) is 17.7 Å². The van der Waals surface area contributed by atoms with Crippen LogP contribution in [0.3, 0.4) is 0 Å². The first-order valence-electron chi connectivity index (χ1n) is 5.13. The molecule has 0 aliphatic carbocycles. The van der Waals surface area contributed by atoms with Crippen LogP contribution in [0.5, 0.6) is 11.6 Å². The minimum absolute atomic E-state index is 0.234. The number of aromatic nitrogens is 1. The van der Waals surface area contributed by atoms with Gasteiger partial charge in [0.2, 0.25) is 0 Å². The van der Waals surface area contributed by atoms with E-state index < -0.39 is 18.2 Å². The van der Waals surface area contributed by atoms with Gasteiger partial charge in [-0.25, -0.2) is 4.98 Å². The zero-order valence-electron chi connectivity index (χ0n) is 10.5. The number of aryl methyl sites for hydroxylation is 1. The van der Waals surface area contributed by atoms with Gasteiger partial charge >= 0.3 is 12.3 Å². The minimum atomic E-state index is -4.89. The number of nitrogens with zero attached hydrogens (tertiary/aromatic N) is 1. The van der Waals surface area contributed by atoms with Gasteiger partial charge in [-0.1, -0.05) is 0 Å². The molecule has 0 aliphatic rings. The number of carbonyl (C=O) groups is 1. The van der Waals surface area contributed by atoms with E-state index in [0.29, 0.717) is 5.56 Å². The quantitative estimate of drug-likeness (QED) is 0.789. The van der Waals surface area contributed by atoms with E-state index in [1.807, 2.05) is 0 Å². The lowest BCUT2D eigenvalue weighted by Crippen LogP contribution is -2.19. The van der Waals surface area contributed by atoms with Crippen LogP contribution in [0.25, 0.3) is 0 Å². The van der Waals surface area contributed by atoms with Crippen LogP contribution in [-0.2, 0) is 16.0 Å². The van der Waals surface area contributed by atoms with Crippen molar-refractivity contribution in [3.8, 4) is 11.6 Å². The zero-order valence-corrected chi connectivity index (χ0v) is 10.5. The van der Waals surface area contributed by atoms with Gasteiger partial charge < -0.3 is 14.2 Å². The average Bonchev–Trinajstić information content (AvgIpc) is 2.31.